The number of hydrogen-bond acceptors (Lipinski definition) is 4. The second-order valence-electron chi connectivity index (χ2n) is 5.09. The van der Waals surface area contributed by atoms with Gasteiger partial charge in [0.1, 0.15) is 0 Å². The average Bonchev–Trinajstić information content (AvgIpc) is 2.83. The molecule has 2 aliphatic rings. The molecule has 0 aliphatic carbocycles. The summed E-state index contributed by atoms with van der Waals surface area (Å²) in [6.07, 6.45) is 4.00. The van der Waals surface area contributed by atoms with E-state index in [9.17, 15) is 0 Å². The van der Waals surface area contributed by atoms with Gasteiger partial charge in [0.05, 0.1) is 19.3 Å². The predicted molar refractivity (Wildman–Crippen MR) is 68.2 cm³/mol. The van der Waals surface area contributed by atoms with Gasteiger partial charge in [0, 0.05) is 25.7 Å². The van der Waals surface area contributed by atoms with Gasteiger partial charge in [-0.25, -0.2) is 0 Å². The van der Waals surface area contributed by atoms with Crippen molar-refractivity contribution in [1.29, 1.82) is 0 Å². The smallest absolute Gasteiger partial charge is 0.0620 e. The van der Waals surface area contributed by atoms with E-state index < -0.39 is 0 Å². The van der Waals surface area contributed by atoms with Gasteiger partial charge >= 0.3 is 0 Å². The lowest BCUT2D eigenvalue weighted by Crippen LogP contribution is -2.43. The van der Waals surface area contributed by atoms with Crippen molar-refractivity contribution in [2.24, 2.45) is 5.92 Å². The summed E-state index contributed by atoms with van der Waals surface area (Å²) in [5, 5.41) is 7.04. The highest BCUT2D eigenvalue weighted by molar-refractivity contribution is 4.78. The molecule has 4 nitrogen and oxygen atoms in total. The molecule has 3 unspecified atom stereocenters. The van der Waals surface area contributed by atoms with Gasteiger partial charge in [-0.05, 0) is 31.7 Å². The van der Waals surface area contributed by atoms with Crippen LogP contribution in [0.15, 0.2) is 0 Å². The molecular formula is C13H26N2O2. The molecule has 2 N–H and O–H groups in total. The molecule has 0 radical (unpaired) electrons. The molecule has 100 valence electrons. The van der Waals surface area contributed by atoms with Crippen LogP contribution in [0.25, 0.3) is 0 Å². The quantitative estimate of drug-likeness (QED) is 0.675. The number of rotatable bonds is 6. The molecule has 0 amide bonds. The van der Waals surface area contributed by atoms with Crippen LogP contribution in [0.5, 0.6) is 0 Å². The minimum Gasteiger partial charge on any atom is -0.379 e. The van der Waals surface area contributed by atoms with Gasteiger partial charge in [-0.1, -0.05) is 6.92 Å². The number of morpholine rings is 1. The largest absolute Gasteiger partial charge is 0.379 e. The summed E-state index contributed by atoms with van der Waals surface area (Å²) >= 11 is 0. The highest BCUT2D eigenvalue weighted by Crippen LogP contribution is 2.22. The third-order valence-electron chi connectivity index (χ3n) is 3.82. The molecule has 0 aromatic rings. The van der Waals surface area contributed by atoms with Crippen molar-refractivity contribution in [3.63, 3.8) is 0 Å². The standard InChI is InChI=1S/C13H26N2O2/c1-2-13-11(4-7-17-13)9-14-5-3-12-10-16-8-6-15-12/h11-15H,2-10H2,1H3. The van der Waals surface area contributed by atoms with Gasteiger partial charge in [-0.3, -0.25) is 0 Å². The van der Waals surface area contributed by atoms with E-state index in [-0.39, 0.29) is 0 Å². The van der Waals surface area contributed by atoms with Crippen molar-refractivity contribution in [1.82, 2.24) is 10.6 Å². The predicted octanol–water partition coefficient (Wildman–Crippen LogP) is 0.770. The molecule has 0 spiro atoms. The van der Waals surface area contributed by atoms with Gasteiger partial charge in [-0.2, -0.15) is 0 Å². The van der Waals surface area contributed by atoms with Crippen LogP contribution in [0.1, 0.15) is 26.2 Å². The Kier molecular flexibility index (Phi) is 5.71. The zero-order valence-corrected chi connectivity index (χ0v) is 10.9. The Morgan fingerprint density at radius 2 is 2.29 bits per heavy atom. The molecule has 0 bridgehead atoms. The SMILES string of the molecule is CCC1OCCC1CNCCC1COCCN1. The summed E-state index contributed by atoms with van der Waals surface area (Å²) < 4.78 is 11.1. The summed E-state index contributed by atoms with van der Waals surface area (Å²) in [4.78, 5) is 0. The second-order valence-corrected chi connectivity index (χ2v) is 5.09. The van der Waals surface area contributed by atoms with Gasteiger partial charge in [0.25, 0.3) is 0 Å². The molecule has 0 aromatic heterocycles. The minimum atomic E-state index is 0.485. The second kappa shape index (κ2) is 7.31. The molecule has 0 aromatic carbocycles. The van der Waals surface area contributed by atoms with Crippen LogP contribution in [-0.2, 0) is 9.47 Å². The number of ether oxygens (including phenoxy) is 2. The Labute approximate surface area is 104 Å². The van der Waals surface area contributed by atoms with Crippen molar-refractivity contribution in [3.8, 4) is 0 Å². The third-order valence-corrected chi connectivity index (χ3v) is 3.82. The molecule has 2 fully saturated rings. The van der Waals surface area contributed by atoms with Crippen molar-refractivity contribution in [2.45, 2.75) is 38.3 Å². The van der Waals surface area contributed by atoms with Crippen molar-refractivity contribution in [2.75, 3.05) is 39.5 Å². The van der Waals surface area contributed by atoms with Gasteiger partial charge < -0.3 is 20.1 Å². The van der Waals surface area contributed by atoms with Crippen LogP contribution in [-0.4, -0.2) is 51.6 Å². The van der Waals surface area contributed by atoms with E-state index >= 15 is 0 Å². The van der Waals surface area contributed by atoms with Crippen LogP contribution in [0.4, 0.5) is 0 Å². The molecule has 2 rings (SSSR count). The number of hydrogen-bond donors (Lipinski definition) is 2. The molecular weight excluding hydrogens is 216 g/mol. The number of nitrogens with one attached hydrogen (secondary N) is 2. The fourth-order valence-electron chi connectivity index (χ4n) is 2.75. The average molecular weight is 242 g/mol. The molecule has 2 saturated heterocycles. The zero-order chi connectivity index (χ0) is 11.9. The first-order valence-corrected chi connectivity index (χ1v) is 7.03. The molecule has 4 heteroatoms. The van der Waals surface area contributed by atoms with Crippen LogP contribution in [0.2, 0.25) is 0 Å². The van der Waals surface area contributed by atoms with Gasteiger partial charge in [0.2, 0.25) is 0 Å². The first-order chi connectivity index (χ1) is 8.40. The lowest BCUT2D eigenvalue weighted by molar-refractivity contribution is 0.0733. The van der Waals surface area contributed by atoms with Crippen molar-refractivity contribution in [3.05, 3.63) is 0 Å². The van der Waals surface area contributed by atoms with Crippen LogP contribution >= 0.6 is 0 Å². The molecule has 17 heavy (non-hydrogen) atoms. The highest BCUT2D eigenvalue weighted by Gasteiger charge is 2.26. The maximum Gasteiger partial charge on any atom is 0.0620 e. The van der Waals surface area contributed by atoms with Crippen molar-refractivity contribution < 1.29 is 9.47 Å². The Morgan fingerprint density at radius 3 is 3.06 bits per heavy atom. The summed E-state index contributed by atoms with van der Waals surface area (Å²) in [7, 11) is 0. The summed E-state index contributed by atoms with van der Waals surface area (Å²) in [5.74, 6) is 0.718. The van der Waals surface area contributed by atoms with Crippen LogP contribution in [0.3, 0.4) is 0 Å². The van der Waals surface area contributed by atoms with E-state index in [0.29, 0.717) is 12.1 Å². The summed E-state index contributed by atoms with van der Waals surface area (Å²) in [5.41, 5.74) is 0. The Morgan fingerprint density at radius 1 is 1.35 bits per heavy atom. The molecule has 0 saturated carbocycles. The van der Waals surface area contributed by atoms with Gasteiger partial charge in [0.15, 0.2) is 0 Å². The lowest BCUT2D eigenvalue weighted by Gasteiger charge is -2.24. The topological polar surface area (TPSA) is 42.5 Å². The zero-order valence-electron chi connectivity index (χ0n) is 10.9. The third kappa shape index (κ3) is 4.21. The Bertz CT molecular complexity index is 208. The van der Waals surface area contributed by atoms with Gasteiger partial charge in [-0.15, -0.1) is 0 Å². The van der Waals surface area contributed by atoms with E-state index in [1.807, 2.05) is 0 Å². The van der Waals surface area contributed by atoms with E-state index in [4.69, 9.17) is 9.47 Å². The monoisotopic (exact) mass is 242 g/mol. The fourth-order valence-corrected chi connectivity index (χ4v) is 2.75. The first kappa shape index (κ1) is 13.3. The van der Waals surface area contributed by atoms with E-state index in [0.717, 1.165) is 58.2 Å². The van der Waals surface area contributed by atoms with Crippen LogP contribution in [0, 0.1) is 5.92 Å². The normalized spacial score (nSPS) is 34.1. The Balaban J connectivity index is 1.53. The minimum absolute atomic E-state index is 0.485. The van der Waals surface area contributed by atoms with E-state index in [1.54, 1.807) is 0 Å². The molecule has 2 aliphatic heterocycles. The lowest BCUT2D eigenvalue weighted by atomic mass is 9.99. The Hall–Kier alpha value is -0.160. The van der Waals surface area contributed by atoms with Crippen molar-refractivity contribution >= 4 is 0 Å². The maximum atomic E-state index is 5.69. The summed E-state index contributed by atoms with van der Waals surface area (Å²) in [6.45, 7) is 8.07. The highest BCUT2D eigenvalue weighted by atomic mass is 16.5. The molecule has 2 heterocycles. The van der Waals surface area contributed by atoms with E-state index in [2.05, 4.69) is 17.6 Å². The maximum absolute atomic E-state index is 5.69. The van der Waals surface area contributed by atoms with E-state index in [1.165, 1.54) is 6.42 Å². The summed E-state index contributed by atoms with van der Waals surface area (Å²) in [6, 6.07) is 0.540. The fraction of sp³-hybridized carbons (Fsp3) is 1.00. The molecule has 3 atom stereocenters. The first-order valence-electron chi connectivity index (χ1n) is 7.03. The van der Waals surface area contributed by atoms with Crippen LogP contribution < -0.4 is 10.6 Å².